The molecule has 1 aliphatic carbocycles. The second kappa shape index (κ2) is 6.35. The number of ether oxygens (including phenoxy) is 1. The molecule has 0 aliphatic heterocycles. The fourth-order valence-corrected chi connectivity index (χ4v) is 3.08. The lowest BCUT2D eigenvalue weighted by atomic mass is 9.82. The summed E-state index contributed by atoms with van der Waals surface area (Å²) in [6.07, 6.45) is 8.97. The first kappa shape index (κ1) is 14.2. The van der Waals surface area contributed by atoms with Crippen LogP contribution in [0.4, 0.5) is 0 Å². The molecule has 0 unspecified atom stereocenters. The first-order chi connectivity index (χ1) is 10.3. The molecule has 1 aromatic heterocycles. The summed E-state index contributed by atoms with van der Waals surface area (Å²) in [5, 5.41) is 0. The van der Waals surface area contributed by atoms with Crippen LogP contribution in [0.5, 0.6) is 0 Å². The van der Waals surface area contributed by atoms with E-state index in [0.717, 1.165) is 17.0 Å². The SMILES string of the molecule is COC1CCC(c2ccc(-c3ncc(C)cn3)cc2)CC1. The van der Waals surface area contributed by atoms with E-state index < -0.39 is 0 Å². The maximum Gasteiger partial charge on any atom is 0.159 e. The average Bonchev–Trinajstić information content (AvgIpc) is 2.56. The Kier molecular flexibility index (Phi) is 4.30. The highest BCUT2D eigenvalue weighted by molar-refractivity contribution is 5.55. The van der Waals surface area contributed by atoms with E-state index in [4.69, 9.17) is 4.74 Å². The molecule has 1 fully saturated rings. The number of hydrogen-bond acceptors (Lipinski definition) is 3. The third kappa shape index (κ3) is 3.30. The van der Waals surface area contributed by atoms with Crippen LogP contribution >= 0.6 is 0 Å². The number of benzene rings is 1. The summed E-state index contributed by atoms with van der Waals surface area (Å²) in [5.41, 5.74) is 3.61. The number of methoxy groups -OCH3 is 1. The number of hydrogen-bond donors (Lipinski definition) is 0. The smallest absolute Gasteiger partial charge is 0.159 e. The molecule has 3 rings (SSSR count). The van der Waals surface area contributed by atoms with Gasteiger partial charge in [0.1, 0.15) is 0 Å². The van der Waals surface area contributed by atoms with E-state index in [1.54, 1.807) is 0 Å². The Hall–Kier alpha value is -1.74. The standard InChI is InChI=1S/C18H22N2O/c1-13-11-19-18(20-12-13)16-5-3-14(4-6-16)15-7-9-17(21-2)10-8-15/h3-6,11-12,15,17H,7-10H2,1-2H3. The fourth-order valence-electron chi connectivity index (χ4n) is 3.08. The predicted molar refractivity (Wildman–Crippen MR) is 84.2 cm³/mol. The van der Waals surface area contributed by atoms with Crippen molar-refractivity contribution in [2.75, 3.05) is 7.11 Å². The molecule has 1 aromatic carbocycles. The Morgan fingerprint density at radius 3 is 2.14 bits per heavy atom. The average molecular weight is 282 g/mol. The van der Waals surface area contributed by atoms with Crippen molar-refractivity contribution in [1.82, 2.24) is 9.97 Å². The molecule has 0 spiro atoms. The van der Waals surface area contributed by atoms with Gasteiger partial charge in [0.05, 0.1) is 6.10 Å². The summed E-state index contributed by atoms with van der Waals surface area (Å²) in [5.74, 6) is 1.47. The van der Waals surface area contributed by atoms with Crippen molar-refractivity contribution in [3.63, 3.8) is 0 Å². The first-order valence-corrected chi connectivity index (χ1v) is 7.68. The van der Waals surface area contributed by atoms with Crippen molar-refractivity contribution in [1.29, 1.82) is 0 Å². The molecule has 0 N–H and O–H groups in total. The van der Waals surface area contributed by atoms with E-state index in [1.165, 1.54) is 31.2 Å². The van der Waals surface area contributed by atoms with Crippen molar-refractivity contribution in [2.24, 2.45) is 0 Å². The topological polar surface area (TPSA) is 35.0 Å². The van der Waals surface area contributed by atoms with E-state index in [-0.39, 0.29) is 0 Å². The van der Waals surface area contributed by atoms with E-state index in [1.807, 2.05) is 26.4 Å². The molecule has 110 valence electrons. The minimum absolute atomic E-state index is 0.460. The van der Waals surface area contributed by atoms with Crippen LogP contribution in [0.15, 0.2) is 36.7 Å². The van der Waals surface area contributed by atoms with Crippen LogP contribution in [-0.4, -0.2) is 23.2 Å². The minimum atomic E-state index is 0.460. The number of rotatable bonds is 3. The Labute approximate surface area is 126 Å². The highest BCUT2D eigenvalue weighted by atomic mass is 16.5. The van der Waals surface area contributed by atoms with Crippen molar-refractivity contribution < 1.29 is 4.74 Å². The van der Waals surface area contributed by atoms with Gasteiger partial charge in [-0.05, 0) is 49.7 Å². The van der Waals surface area contributed by atoms with Gasteiger partial charge < -0.3 is 4.74 Å². The molecule has 0 radical (unpaired) electrons. The van der Waals surface area contributed by atoms with Crippen LogP contribution in [-0.2, 0) is 4.74 Å². The van der Waals surface area contributed by atoms with Gasteiger partial charge in [0.2, 0.25) is 0 Å². The molecule has 1 aliphatic rings. The van der Waals surface area contributed by atoms with E-state index in [2.05, 4.69) is 34.2 Å². The molecule has 3 nitrogen and oxygen atoms in total. The zero-order valence-electron chi connectivity index (χ0n) is 12.7. The van der Waals surface area contributed by atoms with Crippen molar-refractivity contribution in [3.8, 4) is 11.4 Å². The van der Waals surface area contributed by atoms with Gasteiger partial charge in [-0.3, -0.25) is 0 Å². The van der Waals surface area contributed by atoms with Gasteiger partial charge in [-0.15, -0.1) is 0 Å². The monoisotopic (exact) mass is 282 g/mol. The Bertz CT molecular complexity index is 569. The van der Waals surface area contributed by atoms with Gasteiger partial charge in [-0.1, -0.05) is 24.3 Å². The minimum Gasteiger partial charge on any atom is -0.381 e. The van der Waals surface area contributed by atoms with E-state index >= 15 is 0 Å². The Morgan fingerprint density at radius 2 is 1.57 bits per heavy atom. The van der Waals surface area contributed by atoms with Crippen LogP contribution in [0.3, 0.4) is 0 Å². The van der Waals surface area contributed by atoms with Gasteiger partial charge in [0.25, 0.3) is 0 Å². The lowest BCUT2D eigenvalue weighted by Gasteiger charge is -2.27. The van der Waals surface area contributed by atoms with Gasteiger partial charge in [0.15, 0.2) is 5.82 Å². The second-order valence-electron chi connectivity index (χ2n) is 5.92. The van der Waals surface area contributed by atoms with Crippen LogP contribution in [0.2, 0.25) is 0 Å². The predicted octanol–water partition coefficient (Wildman–Crippen LogP) is 4.12. The maximum atomic E-state index is 5.45. The quantitative estimate of drug-likeness (QED) is 0.849. The van der Waals surface area contributed by atoms with Gasteiger partial charge >= 0.3 is 0 Å². The van der Waals surface area contributed by atoms with Crippen LogP contribution < -0.4 is 0 Å². The van der Waals surface area contributed by atoms with Crippen LogP contribution in [0.1, 0.15) is 42.7 Å². The summed E-state index contributed by atoms with van der Waals surface area (Å²) in [6, 6.07) is 8.75. The van der Waals surface area contributed by atoms with Crippen molar-refractivity contribution >= 4 is 0 Å². The van der Waals surface area contributed by atoms with Crippen molar-refractivity contribution in [2.45, 2.75) is 44.6 Å². The lowest BCUT2D eigenvalue weighted by Crippen LogP contribution is -2.19. The van der Waals surface area contributed by atoms with Gasteiger partial charge in [-0.2, -0.15) is 0 Å². The molecule has 21 heavy (non-hydrogen) atoms. The molecule has 1 heterocycles. The third-order valence-corrected chi connectivity index (χ3v) is 4.43. The summed E-state index contributed by atoms with van der Waals surface area (Å²) in [6.45, 7) is 2.00. The van der Waals surface area contributed by atoms with E-state index in [0.29, 0.717) is 12.0 Å². The van der Waals surface area contributed by atoms with Crippen LogP contribution in [0.25, 0.3) is 11.4 Å². The molecular weight excluding hydrogens is 260 g/mol. The molecule has 3 heteroatoms. The summed E-state index contributed by atoms with van der Waals surface area (Å²) in [4.78, 5) is 8.77. The summed E-state index contributed by atoms with van der Waals surface area (Å²) >= 11 is 0. The summed E-state index contributed by atoms with van der Waals surface area (Å²) < 4.78 is 5.45. The molecule has 0 bridgehead atoms. The molecule has 0 atom stereocenters. The van der Waals surface area contributed by atoms with Gasteiger partial charge in [-0.25, -0.2) is 9.97 Å². The molecule has 0 amide bonds. The highest BCUT2D eigenvalue weighted by Crippen LogP contribution is 2.34. The number of aryl methyl sites for hydroxylation is 1. The second-order valence-corrected chi connectivity index (χ2v) is 5.92. The number of nitrogens with zero attached hydrogens (tertiary/aromatic N) is 2. The molecule has 0 saturated heterocycles. The lowest BCUT2D eigenvalue weighted by molar-refractivity contribution is 0.0659. The molecular formula is C18H22N2O. The largest absolute Gasteiger partial charge is 0.381 e. The zero-order valence-corrected chi connectivity index (χ0v) is 12.7. The Morgan fingerprint density at radius 1 is 0.952 bits per heavy atom. The zero-order chi connectivity index (χ0) is 14.7. The Balaban J connectivity index is 1.71. The molecule has 1 saturated carbocycles. The molecule has 2 aromatic rings. The van der Waals surface area contributed by atoms with Crippen molar-refractivity contribution in [3.05, 3.63) is 47.8 Å². The maximum absolute atomic E-state index is 5.45. The normalized spacial score (nSPS) is 22.2. The fraction of sp³-hybridized carbons (Fsp3) is 0.444. The van der Waals surface area contributed by atoms with Gasteiger partial charge in [0, 0.05) is 25.1 Å². The van der Waals surface area contributed by atoms with E-state index in [9.17, 15) is 0 Å². The van der Waals surface area contributed by atoms with Crippen LogP contribution in [0, 0.1) is 6.92 Å². The third-order valence-electron chi connectivity index (χ3n) is 4.43. The summed E-state index contributed by atoms with van der Waals surface area (Å²) in [7, 11) is 1.82. The first-order valence-electron chi connectivity index (χ1n) is 7.68. The number of aromatic nitrogens is 2. The highest BCUT2D eigenvalue weighted by Gasteiger charge is 2.21.